The molecule has 2 heterocycles. The van der Waals surface area contributed by atoms with Gasteiger partial charge in [-0.2, -0.15) is 0 Å². The van der Waals surface area contributed by atoms with Gasteiger partial charge >= 0.3 is 0 Å². The molecule has 4 bridgehead atoms. The van der Waals surface area contributed by atoms with Gasteiger partial charge in [0.15, 0.2) is 0 Å². The zero-order valence-electron chi connectivity index (χ0n) is 16.6. The fourth-order valence-electron chi connectivity index (χ4n) is 6.26. The molecule has 6 nitrogen and oxygen atoms in total. The van der Waals surface area contributed by atoms with Crippen LogP contribution in [-0.4, -0.2) is 23.3 Å². The summed E-state index contributed by atoms with van der Waals surface area (Å²) in [4.78, 5) is 27.8. The van der Waals surface area contributed by atoms with E-state index in [1.165, 1.54) is 19.3 Å². The van der Waals surface area contributed by atoms with Gasteiger partial charge in [-0.05, 0) is 80.5 Å². The van der Waals surface area contributed by atoms with Crippen molar-refractivity contribution in [1.29, 1.82) is 0 Å². The molecule has 6 rings (SSSR count). The molecule has 2 aromatic rings. The van der Waals surface area contributed by atoms with E-state index in [9.17, 15) is 9.59 Å². The Morgan fingerprint density at radius 3 is 1.90 bits per heavy atom. The molecule has 2 aromatic heterocycles. The van der Waals surface area contributed by atoms with Gasteiger partial charge in [0.2, 0.25) is 11.8 Å². The second-order valence-corrected chi connectivity index (χ2v) is 9.29. The molecule has 6 heteroatoms. The highest BCUT2D eigenvalue weighted by molar-refractivity contribution is 5.88. The van der Waals surface area contributed by atoms with Crippen LogP contribution in [0.4, 0.5) is 0 Å². The summed E-state index contributed by atoms with van der Waals surface area (Å²) in [5.74, 6) is 3.48. The fraction of sp³-hybridized carbons (Fsp3) is 0.565. The van der Waals surface area contributed by atoms with E-state index in [0.29, 0.717) is 42.4 Å². The zero-order chi connectivity index (χ0) is 19.8. The van der Waals surface area contributed by atoms with Crippen LogP contribution < -0.4 is 5.32 Å². The first-order valence-electron chi connectivity index (χ1n) is 10.7. The molecule has 0 saturated heterocycles. The minimum atomic E-state index is -0.234. The van der Waals surface area contributed by atoms with E-state index in [1.807, 2.05) is 12.1 Å². The largest absolute Gasteiger partial charge is 0.467 e. The zero-order valence-corrected chi connectivity index (χ0v) is 16.6. The number of hydrogen-bond acceptors (Lipinski definition) is 4. The van der Waals surface area contributed by atoms with Crippen LogP contribution in [0, 0.1) is 23.2 Å². The van der Waals surface area contributed by atoms with Gasteiger partial charge in [0.25, 0.3) is 0 Å². The minimum absolute atomic E-state index is 0.0159. The van der Waals surface area contributed by atoms with Crippen molar-refractivity contribution in [2.24, 2.45) is 23.2 Å². The Morgan fingerprint density at radius 2 is 1.45 bits per heavy atom. The molecule has 4 fully saturated rings. The summed E-state index contributed by atoms with van der Waals surface area (Å²) in [6.07, 6.45) is 10.1. The number of nitrogens with zero attached hydrogens (tertiary/aromatic N) is 1. The maximum Gasteiger partial charge on any atom is 0.242 e. The molecule has 4 saturated carbocycles. The van der Waals surface area contributed by atoms with Crippen LogP contribution in [0.2, 0.25) is 0 Å². The normalized spacial score (nSPS) is 29.7. The van der Waals surface area contributed by atoms with Gasteiger partial charge in [-0.1, -0.05) is 0 Å². The van der Waals surface area contributed by atoms with Crippen molar-refractivity contribution in [3.05, 3.63) is 48.3 Å². The lowest BCUT2D eigenvalue weighted by molar-refractivity contribution is -0.148. The van der Waals surface area contributed by atoms with Crippen molar-refractivity contribution in [3.8, 4) is 0 Å². The molecule has 29 heavy (non-hydrogen) atoms. The van der Waals surface area contributed by atoms with E-state index in [4.69, 9.17) is 8.83 Å². The summed E-state index contributed by atoms with van der Waals surface area (Å²) in [6, 6.07) is 7.30. The first-order valence-corrected chi connectivity index (χ1v) is 10.7. The van der Waals surface area contributed by atoms with Crippen molar-refractivity contribution in [3.63, 3.8) is 0 Å². The summed E-state index contributed by atoms with van der Waals surface area (Å²) >= 11 is 0. The Labute approximate surface area is 170 Å². The van der Waals surface area contributed by atoms with Crippen LogP contribution >= 0.6 is 0 Å². The molecule has 0 spiro atoms. The predicted molar refractivity (Wildman–Crippen MR) is 105 cm³/mol. The molecule has 0 radical (unpaired) electrons. The first kappa shape index (κ1) is 18.5. The van der Waals surface area contributed by atoms with E-state index in [1.54, 1.807) is 29.6 Å². The molecule has 4 aliphatic rings. The molecule has 154 valence electrons. The Bertz CT molecular complexity index is 784. The highest BCUT2D eigenvalue weighted by Gasteiger charge is 2.54. The molecular formula is C23H28N2O4. The molecule has 0 aromatic carbocycles. The molecule has 4 aliphatic carbocycles. The third kappa shape index (κ3) is 3.72. The van der Waals surface area contributed by atoms with E-state index < -0.39 is 0 Å². The number of carbonyl (C=O) groups is 2. The summed E-state index contributed by atoms with van der Waals surface area (Å²) < 4.78 is 10.8. The molecule has 1 N–H and O–H groups in total. The maximum atomic E-state index is 13.1. The Hall–Kier alpha value is -2.50. The Balaban J connectivity index is 1.23. The number of rotatable bonds is 7. The molecular weight excluding hydrogens is 368 g/mol. The second kappa shape index (κ2) is 7.39. The van der Waals surface area contributed by atoms with E-state index in [2.05, 4.69) is 5.32 Å². The van der Waals surface area contributed by atoms with Crippen molar-refractivity contribution in [2.75, 3.05) is 6.54 Å². The maximum absolute atomic E-state index is 13.1. The lowest BCUT2D eigenvalue weighted by Crippen LogP contribution is -2.54. The van der Waals surface area contributed by atoms with E-state index in [0.717, 1.165) is 19.3 Å². The van der Waals surface area contributed by atoms with Crippen LogP contribution in [0.3, 0.4) is 0 Å². The fourth-order valence-corrected chi connectivity index (χ4v) is 6.26. The molecule has 0 aliphatic heterocycles. The quantitative estimate of drug-likeness (QED) is 0.774. The third-order valence-corrected chi connectivity index (χ3v) is 7.13. The Kier molecular flexibility index (Phi) is 4.72. The topological polar surface area (TPSA) is 75.7 Å². The van der Waals surface area contributed by atoms with E-state index in [-0.39, 0.29) is 23.8 Å². The number of nitrogens with one attached hydrogen (secondary N) is 1. The van der Waals surface area contributed by atoms with Gasteiger partial charge in [0, 0.05) is 5.41 Å². The van der Waals surface area contributed by atoms with Gasteiger partial charge in [0.05, 0.1) is 32.2 Å². The molecule has 0 unspecified atom stereocenters. The van der Waals surface area contributed by atoms with Crippen molar-refractivity contribution in [2.45, 2.75) is 51.6 Å². The van der Waals surface area contributed by atoms with Gasteiger partial charge < -0.3 is 19.1 Å². The van der Waals surface area contributed by atoms with Crippen LogP contribution in [0.15, 0.2) is 45.6 Å². The summed E-state index contributed by atoms with van der Waals surface area (Å²) in [7, 11) is 0. The average molecular weight is 396 g/mol. The van der Waals surface area contributed by atoms with Gasteiger partial charge in [0.1, 0.15) is 11.5 Å². The van der Waals surface area contributed by atoms with Crippen molar-refractivity contribution < 1.29 is 18.4 Å². The van der Waals surface area contributed by atoms with Crippen molar-refractivity contribution in [1.82, 2.24) is 10.2 Å². The van der Waals surface area contributed by atoms with Crippen molar-refractivity contribution >= 4 is 11.8 Å². The lowest BCUT2D eigenvalue weighted by Gasteiger charge is -2.55. The van der Waals surface area contributed by atoms with E-state index >= 15 is 0 Å². The van der Waals surface area contributed by atoms with Crippen LogP contribution in [0.5, 0.6) is 0 Å². The number of carbonyl (C=O) groups excluding carboxylic acids is 2. The highest BCUT2D eigenvalue weighted by atomic mass is 16.3. The number of amides is 2. The average Bonchev–Trinajstić information content (AvgIpc) is 3.38. The summed E-state index contributed by atoms with van der Waals surface area (Å²) in [5.41, 5.74) is -0.234. The Morgan fingerprint density at radius 1 is 0.931 bits per heavy atom. The number of furan rings is 2. The standard InChI is InChI=1S/C23H28N2O4/c26-21(25(14-19-3-1-5-28-19)15-20-4-2-6-29-20)13-24-22(27)23-10-16-7-17(11-23)9-18(8-16)12-23/h1-6,16-18H,7-15H2,(H,24,27). The minimum Gasteiger partial charge on any atom is -0.467 e. The summed E-state index contributed by atoms with van der Waals surface area (Å²) in [5, 5.41) is 2.99. The summed E-state index contributed by atoms with van der Waals surface area (Å²) in [6.45, 7) is 0.710. The molecule has 2 amide bonds. The highest BCUT2D eigenvalue weighted by Crippen LogP contribution is 2.60. The first-order chi connectivity index (χ1) is 14.1. The van der Waals surface area contributed by atoms with Crippen LogP contribution in [0.1, 0.15) is 50.0 Å². The van der Waals surface area contributed by atoms with Crippen LogP contribution in [-0.2, 0) is 22.7 Å². The van der Waals surface area contributed by atoms with Gasteiger partial charge in [-0.3, -0.25) is 9.59 Å². The third-order valence-electron chi connectivity index (χ3n) is 7.13. The second-order valence-electron chi connectivity index (χ2n) is 9.29. The van der Waals surface area contributed by atoms with Gasteiger partial charge in [-0.15, -0.1) is 0 Å². The number of hydrogen-bond donors (Lipinski definition) is 1. The molecule has 0 atom stereocenters. The van der Waals surface area contributed by atoms with Gasteiger partial charge in [-0.25, -0.2) is 0 Å². The van der Waals surface area contributed by atoms with Crippen LogP contribution in [0.25, 0.3) is 0 Å². The monoisotopic (exact) mass is 396 g/mol. The lowest BCUT2D eigenvalue weighted by atomic mass is 9.49. The SMILES string of the molecule is O=C(CNC(=O)C12CC3CC(CC(C3)C1)C2)N(Cc1ccco1)Cc1ccco1. The smallest absolute Gasteiger partial charge is 0.242 e. The predicted octanol–water partition coefficient (Wildman–Crippen LogP) is 3.73.